The molecule has 136 valence electrons. The Labute approximate surface area is 186 Å². The zero-order valence-electron chi connectivity index (χ0n) is 15.3. The Bertz CT molecular complexity index is 1020. The molecule has 0 atom stereocenters. The minimum absolute atomic E-state index is 1.11. The first-order chi connectivity index (χ1) is 13.2. The number of halogens is 2. The molecule has 0 spiro atoms. The van der Waals surface area contributed by atoms with E-state index in [1.54, 1.807) is 12.1 Å². The molecular weight excluding hydrogens is 539 g/mol. The van der Waals surface area contributed by atoms with Crippen LogP contribution in [0.1, 0.15) is 49.7 Å². The second-order valence-electron chi connectivity index (χ2n) is 7.82. The molecule has 3 heteroatoms. The zero-order valence-corrected chi connectivity index (χ0v) is 21.0. The molecule has 0 nitrogen and oxygen atoms in total. The molecule has 2 aromatic carbocycles. The summed E-state index contributed by atoms with van der Waals surface area (Å²) in [4.78, 5) is 0. The van der Waals surface area contributed by atoms with Gasteiger partial charge in [-0.25, -0.2) is 0 Å². The number of hydrogen-bond acceptors (Lipinski definition) is 0. The van der Waals surface area contributed by atoms with Gasteiger partial charge in [0.05, 0.1) is 0 Å². The third-order valence-electron chi connectivity index (χ3n) is 6.12. The van der Waals surface area contributed by atoms with Crippen LogP contribution in [0.3, 0.4) is 0 Å². The normalized spacial score (nSPS) is 17.7. The first-order valence-electron chi connectivity index (χ1n) is 9.90. The summed E-state index contributed by atoms with van der Waals surface area (Å²) in [6.45, 7) is 0. The third kappa shape index (κ3) is 3.54. The van der Waals surface area contributed by atoms with Crippen LogP contribution in [0.4, 0.5) is 0 Å². The molecule has 1 fully saturated rings. The molecule has 0 radical (unpaired) electrons. The number of rotatable bonds is 2. The Morgan fingerprint density at radius 1 is 0.852 bits per heavy atom. The van der Waals surface area contributed by atoms with Gasteiger partial charge in [-0.15, -0.1) is 0 Å². The summed E-state index contributed by atoms with van der Waals surface area (Å²) in [5.74, 6) is 0. The molecule has 0 bridgehead atoms. The van der Waals surface area contributed by atoms with Crippen molar-refractivity contribution in [2.45, 2.75) is 44.9 Å². The summed E-state index contributed by atoms with van der Waals surface area (Å²) >= 11 is 5.54. The van der Waals surface area contributed by atoms with E-state index in [1.807, 2.05) is 3.21 Å². The van der Waals surface area contributed by atoms with Crippen LogP contribution in [0.15, 0.2) is 60.8 Å². The van der Waals surface area contributed by atoms with E-state index in [0.29, 0.717) is 0 Å². The molecule has 0 unspecified atom stereocenters. The second kappa shape index (κ2) is 7.81. The van der Waals surface area contributed by atoms with Crippen LogP contribution in [0, 0.1) is 0 Å². The summed E-state index contributed by atoms with van der Waals surface area (Å²) < 4.78 is 7.91. The maximum absolute atomic E-state index is 3.86. The predicted octanol–water partition coefficient (Wildman–Crippen LogP) is 7.01. The van der Waals surface area contributed by atoms with Crippen molar-refractivity contribution in [1.29, 1.82) is 0 Å². The van der Waals surface area contributed by atoms with Crippen molar-refractivity contribution in [3.05, 3.63) is 71.9 Å². The number of hydrogen-bond donors (Lipinski definition) is 0. The maximum atomic E-state index is 3.86. The average molecular weight is 561 g/mol. The summed E-state index contributed by atoms with van der Waals surface area (Å²) in [6, 6.07) is 11.7. The van der Waals surface area contributed by atoms with Crippen molar-refractivity contribution in [3.8, 4) is 11.1 Å². The Hall–Kier alpha value is -0.367. The molecule has 27 heavy (non-hydrogen) atoms. The van der Waals surface area contributed by atoms with Crippen molar-refractivity contribution in [1.82, 2.24) is 0 Å². The Balaban J connectivity index is 1.73. The van der Waals surface area contributed by atoms with Crippen LogP contribution in [0.5, 0.6) is 0 Å². The summed E-state index contributed by atoms with van der Waals surface area (Å²) in [5.41, 5.74) is 6.02. The van der Waals surface area contributed by atoms with Crippen molar-refractivity contribution in [3.63, 3.8) is 0 Å². The topological polar surface area (TPSA) is 0 Å². The molecular formula is C24H22Br2Zr. The first-order valence-corrected chi connectivity index (χ1v) is 15.2. The van der Waals surface area contributed by atoms with Crippen LogP contribution in [0.2, 0.25) is 0 Å². The molecule has 0 aromatic heterocycles. The molecule has 0 saturated heterocycles. The van der Waals surface area contributed by atoms with E-state index in [9.17, 15) is 0 Å². The standard InChI is InChI=1S/C13H7Br2.C6H10.C5H5.Zr/c14-10-3-1-8-5-9-2-4-11(15)7-13(9)12(8)6-10;1-2-4-6-5-3-1;1-2-4-5-3-1;/h1,3-4,6-7H,5H2;1-5H2;1-3H,4H2;. The Kier molecular flexibility index (Phi) is 5.39. The van der Waals surface area contributed by atoms with E-state index in [0.717, 1.165) is 6.42 Å². The summed E-state index contributed by atoms with van der Waals surface area (Å²) in [5, 5.41) is 0. The van der Waals surface area contributed by atoms with Gasteiger partial charge in [-0.3, -0.25) is 0 Å². The summed E-state index contributed by atoms with van der Waals surface area (Å²) in [7, 11) is 0. The van der Waals surface area contributed by atoms with Crippen molar-refractivity contribution < 1.29 is 21.3 Å². The molecule has 0 heterocycles. The first kappa shape index (κ1) is 18.6. The fraction of sp³-hybridized carbons (Fsp3) is 0.292. The van der Waals surface area contributed by atoms with E-state index < -0.39 is 21.3 Å². The average Bonchev–Trinajstić information content (AvgIpc) is 3.31. The Morgan fingerprint density at radius 2 is 1.67 bits per heavy atom. The van der Waals surface area contributed by atoms with Crippen LogP contribution < -0.4 is 3.27 Å². The van der Waals surface area contributed by atoms with E-state index >= 15 is 0 Å². The predicted molar refractivity (Wildman–Crippen MR) is 120 cm³/mol. The molecule has 0 amide bonds. The van der Waals surface area contributed by atoms with E-state index in [2.05, 4.69) is 80.4 Å². The van der Waals surface area contributed by atoms with Crippen molar-refractivity contribution in [2.75, 3.05) is 0 Å². The SMILES string of the molecule is Brc1ccc2c(c1)-c1cc(Br)c[c]([Zr]([C]3=CC=CC3)=[C]3CCCCC3)c1C2. The van der Waals surface area contributed by atoms with Crippen LogP contribution in [-0.2, 0) is 27.7 Å². The van der Waals surface area contributed by atoms with E-state index in [1.165, 1.54) is 64.2 Å². The van der Waals surface area contributed by atoms with Gasteiger partial charge in [0.25, 0.3) is 0 Å². The fourth-order valence-corrected chi connectivity index (χ4v) is 14.7. The zero-order chi connectivity index (χ0) is 18.4. The minimum atomic E-state index is -2.00. The van der Waals surface area contributed by atoms with Crippen molar-refractivity contribution >= 4 is 38.3 Å². The quantitative estimate of drug-likeness (QED) is 0.316. The van der Waals surface area contributed by atoms with Crippen LogP contribution in [0.25, 0.3) is 11.1 Å². The monoisotopic (exact) mass is 558 g/mol. The number of benzene rings is 2. The third-order valence-corrected chi connectivity index (χ3v) is 14.9. The fourth-order valence-electron chi connectivity index (χ4n) is 4.89. The second-order valence-corrected chi connectivity index (χ2v) is 16.1. The summed E-state index contributed by atoms with van der Waals surface area (Å²) in [6.07, 6.45) is 16.4. The van der Waals surface area contributed by atoms with E-state index in [-0.39, 0.29) is 0 Å². The molecule has 5 rings (SSSR count). The van der Waals surface area contributed by atoms with Gasteiger partial charge < -0.3 is 0 Å². The van der Waals surface area contributed by atoms with Gasteiger partial charge in [-0.1, -0.05) is 0 Å². The molecule has 3 aliphatic carbocycles. The number of allylic oxidation sites excluding steroid dienone is 4. The van der Waals surface area contributed by atoms with Crippen LogP contribution in [-0.4, -0.2) is 3.21 Å². The van der Waals surface area contributed by atoms with Gasteiger partial charge in [-0.05, 0) is 0 Å². The van der Waals surface area contributed by atoms with Gasteiger partial charge in [0.15, 0.2) is 0 Å². The van der Waals surface area contributed by atoms with Gasteiger partial charge in [-0.2, -0.15) is 0 Å². The molecule has 0 aliphatic heterocycles. The van der Waals surface area contributed by atoms with Gasteiger partial charge in [0.1, 0.15) is 0 Å². The molecule has 1 saturated carbocycles. The molecule has 3 aliphatic rings. The molecule has 2 aromatic rings. The number of fused-ring (bicyclic) bond motifs is 3. The van der Waals surface area contributed by atoms with Gasteiger partial charge in [0, 0.05) is 0 Å². The van der Waals surface area contributed by atoms with Gasteiger partial charge in [0.2, 0.25) is 0 Å². The van der Waals surface area contributed by atoms with E-state index in [4.69, 9.17) is 0 Å². The Morgan fingerprint density at radius 3 is 2.44 bits per heavy atom. The van der Waals surface area contributed by atoms with Crippen LogP contribution >= 0.6 is 31.9 Å². The molecule has 0 N–H and O–H groups in total. The van der Waals surface area contributed by atoms with Gasteiger partial charge >= 0.3 is 188 Å². The van der Waals surface area contributed by atoms with Crippen molar-refractivity contribution in [2.24, 2.45) is 0 Å².